The molecule has 0 aliphatic carbocycles. The second kappa shape index (κ2) is 8.07. The number of halogens is 1. The number of methoxy groups -OCH3 is 1. The maximum atomic E-state index is 11.7. The first kappa shape index (κ1) is 14.9. The van der Waals surface area contributed by atoms with E-state index in [1.807, 2.05) is 0 Å². The number of ether oxygens (including phenoxy) is 3. The molecule has 0 amide bonds. The van der Waals surface area contributed by atoms with Crippen LogP contribution in [0.5, 0.6) is 0 Å². The molecule has 0 heterocycles. The van der Waals surface area contributed by atoms with E-state index >= 15 is 0 Å². The largest absolute Gasteiger partial charge is 0.460 e. The summed E-state index contributed by atoms with van der Waals surface area (Å²) in [5, 5.41) is 0. The number of hydrogen-bond donors (Lipinski definition) is 1. The van der Waals surface area contributed by atoms with Crippen LogP contribution in [0.25, 0.3) is 0 Å². The fourth-order valence-electron chi connectivity index (χ4n) is 1.23. The highest BCUT2D eigenvalue weighted by atomic mass is 79.9. The van der Waals surface area contributed by atoms with E-state index in [4.69, 9.17) is 19.9 Å². The molecule has 0 atom stereocenters. The van der Waals surface area contributed by atoms with Gasteiger partial charge in [0.2, 0.25) is 0 Å². The van der Waals surface area contributed by atoms with Gasteiger partial charge in [0.25, 0.3) is 0 Å². The molecular weight excluding hydrogens is 302 g/mol. The molecule has 1 aromatic carbocycles. The summed E-state index contributed by atoms with van der Waals surface area (Å²) < 4.78 is 15.8. The van der Waals surface area contributed by atoms with Crippen LogP contribution in [0.4, 0.5) is 5.69 Å². The molecule has 0 fully saturated rings. The predicted molar refractivity (Wildman–Crippen MR) is 71.5 cm³/mol. The summed E-state index contributed by atoms with van der Waals surface area (Å²) in [6.07, 6.45) is 0. The third-order valence-corrected chi connectivity index (χ3v) is 2.62. The van der Waals surface area contributed by atoms with Crippen molar-refractivity contribution < 1.29 is 19.0 Å². The number of esters is 1. The molecule has 0 spiro atoms. The highest BCUT2D eigenvalue weighted by Crippen LogP contribution is 2.19. The van der Waals surface area contributed by atoms with E-state index in [0.717, 1.165) is 4.47 Å². The van der Waals surface area contributed by atoms with E-state index < -0.39 is 5.97 Å². The normalized spacial score (nSPS) is 10.3. The highest BCUT2D eigenvalue weighted by Gasteiger charge is 2.10. The van der Waals surface area contributed by atoms with Gasteiger partial charge in [-0.3, -0.25) is 0 Å². The summed E-state index contributed by atoms with van der Waals surface area (Å²) in [5.41, 5.74) is 6.45. The van der Waals surface area contributed by atoms with Gasteiger partial charge in [-0.15, -0.1) is 0 Å². The first-order valence-corrected chi connectivity index (χ1v) is 6.23. The maximum absolute atomic E-state index is 11.7. The van der Waals surface area contributed by atoms with Crippen molar-refractivity contribution in [3.63, 3.8) is 0 Å². The molecule has 0 aliphatic heterocycles. The molecule has 1 rings (SSSR count). The molecule has 2 N–H and O–H groups in total. The Labute approximate surface area is 114 Å². The van der Waals surface area contributed by atoms with Gasteiger partial charge in [0.15, 0.2) is 0 Å². The van der Waals surface area contributed by atoms with Crippen LogP contribution in [-0.2, 0) is 14.2 Å². The average Bonchev–Trinajstić information content (AvgIpc) is 2.33. The SMILES string of the molecule is COCCOCCOC(=O)c1ccc(Br)cc1N. The van der Waals surface area contributed by atoms with Crippen molar-refractivity contribution in [2.75, 3.05) is 39.3 Å². The van der Waals surface area contributed by atoms with Crippen LogP contribution in [0.1, 0.15) is 10.4 Å². The van der Waals surface area contributed by atoms with Crippen molar-refractivity contribution in [1.82, 2.24) is 0 Å². The molecule has 0 aromatic heterocycles. The number of hydrogen-bond acceptors (Lipinski definition) is 5. The number of carbonyl (C=O) groups excluding carboxylic acids is 1. The van der Waals surface area contributed by atoms with Crippen LogP contribution in [0.15, 0.2) is 22.7 Å². The molecule has 0 saturated heterocycles. The van der Waals surface area contributed by atoms with Crippen LogP contribution in [0, 0.1) is 0 Å². The average molecular weight is 318 g/mol. The van der Waals surface area contributed by atoms with Gasteiger partial charge in [0, 0.05) is 17.3 Å². The van der Waals surface area contributed by atoms with Crippen molar-refractivity contribution in [2.45, 2.75) is 0 Å². The summed E-state index contributed by atoms with van der Waals surface area (Å²) in [6.45, 7) is 1.53. The molecule has 0 bridgehead atoms. The van der Waals surface area contributed by atoms with Gasteiger partial charge >= 0.3 is 5.97 Å². The van der Waals surface area contributed by atoms with Gasteiger partial charge in [-0.2, -0.15) is 0 Å². The lowest BCUT2D eigenvalue weighted by Crippen LogP contribution is -2.13. The minimum absolute atomic E-state index is 0.193. The van der Waals surface area contributed by atoms with Gasteiger partial charge in [-0.25, -0.2) is 4.79 Å². The van der Waals surface area contributed by atoms with Gasteiger partial charge in [-0.05, 0) is 18.2 Å². The van der Waals surface area contributed by atoms with Gasteiger partial charge in [0.1, 0.15) is 6.61 Å². The first-order chi connectivity index (χ1) is 8.65. The molecule has 0 unspecified atom stereocenters. The van der Waals surface area contributed by atoms with E-state index in [1.165, 1.54) is 0 Å². The fraction of sp³-hybridized carbons (Fsp3) is 0.417. The fourth-order valence-corrected chi connectivity index (χ4v) is 1.61. The molecule has 6 heteroatoms. The number of nitrogens with two attached hydrogens (primary N) is 1. The Morgan fingerprint density at radius 1 is 1.28 bits per heavy atom. The standard InChI is InChI=1S/C12H16BrNO4/c1-16-4-5-17-6-7-18-12(15)10-3-2-9(13)8-11(10)14/h2-3,8H,4-7,14H2,1H3. The second-order valence-corrected chi connectivity index (χ2v) is 4.39. The number of rotatable bonds is 7. The van der Waals surface area contributed by atoms with E-state index in [-0.39, 0.29) is 6.61 Å². The third kappa shape index (κ3) is 5.03. The topological polar surface area (TPSA) is 70.8 Å². The number of benzene rings is 1. The Kier molecular flexibility index (Phi) is 6.70. The van der Waals surface area contributed by atoms with Crippen molar-refractivity contribution in [3.8, 4) is 0 Å². The summed E-state index contributed by atoms with van der Waals surface area (Å²) in [6, 6.07) is 5.02. The highest BCUT2D eigenvalue weighted by molar-refractivity contribution is 9.10. The van der Waals surface area contributed by atoms with E-state index in [0.29, 0.717) is 31.1 Å². The van der Waals surface area contributed by atoms with Crippen LogP contribution >= 0.6 is 15.9 Å². The van der Waals surface area contributed by atoms with Crippen LogP contribution in [0.3, 0.4) is 0 Å². The molecule has 100 valence electrons. The molecule has 0 saturated carbocycles. The molecular formula is C12H16BrNO4. The zero-order valence-corrected chi connectivity index (χ0v) is 11.7. The van der Waals surface area contributed by atoms with Gasteiger partial charge < -0.3 is 19.9 Å². The summed E-state index contributed by atoms with van der Waals surface area (Å²) in [7, 11) is 1.60. The quantitative estimate of drug-likeness (QED) is 0.472. The summed E-state index contributed by atoms with van der Waals surface area (Å²) in [4.78, 5) is 11.7. The van der Waals surface area contributed by atoms with Gasteiger partial charge in [-0.1, -0.05) is 15.9 Å². The lowest BCUT2D eigenvalue weighted by molar-refractivity contribution is 0.0214. The van der Waals surface area contributed by atoms with E-state index in [1.54, 1.807) is 25.3 Å². The van der Waals surface area contributed by atoms with Crippen LogP contribution in [-0.4, -0.2) is 39.5 Å². The predicted octanol–water partition coefficient (Wildman–Crippen LogP) is 1.85. The monoisotopic (exact) mass is 317 g/mol. The second-order valence-electron chi connectivity index (χ2n) is 3.47. The molecule has 1 aromatic rings. The molecule has 0 radical (unpaired) electrons. The van der Waals surface area contributed by atoms with E-state index in [9.17, 15) is 4.79 Å². The number of nitrogen functional groups attached to an aromatic ring is 1. The Hall–Kier alpha value is -1.11. The van der Waals surface area contributed by atoms with Crippen molar-refractivity contribution in [3.05, 3.63) is 28.2 Å². The van der Waals surface area contributed by atoms with E-state index in [2.05, 4.69) is 15.9 Å². The van der Waals surface area contributed by atoms with Crippen LogP contribution < -0.4 is 5.73 Å². The molecule has 0 aliphatic rings. The third-order valence-electron chi connectivity index (χ3n) is 2.13. The Bertz CT molecular complexity index is 398. The smallest absolute Gasteiger partial charge is 0.340 e. The first-order valence-electron chi connectivity index (χ1n) is 5.44. The Balaban J connectivity index is 2.32. The molecule has 5 nitrogen and oxygen atoms in total. The number of carbonyl (C=O) groups is 1. The summed E-state index contributed by atoms with van der Waals surface area (Å²) in [5.74, 6) is -0.449. The molecule has 18 heavy (non-hydrogen) atoms. The zero-order chi connectivity index (χ0) is 13.4. The minimum atomic E-state index is -0.449. The number of anilines is 1. The van der Waals surface area contributed by atoms with Crippen molar-refractivity contribution in [2.24, 2.45) is 0 Å². The van der Waals surface area contributed by atoms with Crippen molar-refractivity contribution >= 4 is 27.6 Å². The Morgan fingerprint density at radius 3 is 2.67 bits per heavy atom. The lowest BCUT2D eigenvalue weighted by atomic mass is 10.2. The Morgan fingerprint density at radius 2 is 2.00 bits per heavy atom. The summed E-state index contributed by atoms with van der Waals surface area (Å²) >= 11 is 3.27. The van der Waals surface area contributed by atoms with Gasteiger partial charge in [0.05, 0.1) is 25.4 Å². The van der Waals surface area contributed by atoms with Crippen LogP contribution in [0.2, 0.25) is 0 Å². The maximum Gasteiger partial charge on any atom is 0.340 e. The zero-order valence-electron chi connectivity index (χ0n) is 10.1. The lowest BCUT2D eigenvalue weighted by Gasteiger charge is -2.07. The van der Waals surface area contributed by atoms with Crippen molar-refractivity contribution in [1.29, 1.82) is 0 Å². The minimum Gasteiger partial charge on any atom is -0.460 e.